The second kappa shape index (κ2) is 7.77. The predicted octanol–water partition coefficient (Wildman–Crippen LogP) is 4.58. The molecule has 164 valence electrons. The Bertz CT molecular complexity index is 1150. The van der Waals surface area contributed by atoms with Gasteiger partial charge >= 0.3 is 12.2 Å². The lowest BCUT2D eigenvalue weighted by Gasteiger charge is -2.45. The molecule has 2 aliphatic heterocycles. The van der Waals surface area contributed by atoms with Gasteiger partial charge in [0.05, 0.1) is 34.9 Å². The van der Waals surface area contributed by atoms with E-state index in [9.17, 15) is 18.0 Å². The van der Waals surface area contributed by atoms with Crippen molar-refractivity contribution in [2.45, 2.75) is 25.1 Å². The first-order valence-corrected chi connectivity index (χ1v) is 10.2. The summed E-state index contributed by atoms with van der Waals surface area (Å²) in [6, 6.07) is 7.52. The van der Waals surface area contributed by atoms with Crippen molar-refractivity contribution in [1.82, 2.24) is 15.0 Å². The van der Waals surface area contributed by atoms with Gasteiger partial charge in [-0.05, 0) is 43.2 Å². The number of urea groups is 1. The lowest BCUT2D eigenvalue weighted by molar-refractivity contribution is -0.137. The molecule has 0 aromatic carbocycles. The van der Waals surface area contributed by atoms with Crippen molar-refractivity contribution in [2.24, 2.45) is 0 Å². The minimum absolute atomic E-state index is 0.0877. The number of carbonyl (C=O) groups excluding carboxylic acids is 1. The number of hydrogen-bond acceptors (Lipinski definition) is 5. The van der Waals surface area contributed by atoms with E-state index in [0.717, 1.165) is 37.3 Å². The third-order valence-electron chi connectivity index (χ3n) is 5.68. The Hall–Kier alpha value is -3.69. The van der Waals surface area contributed by atoms with Crippen LogP contribution in [0.2, 0.25) is 0 Å². The number of hydrogen-bond donors (Lipinski definition) is 1. The Kier molecular flexibility index (Phi) is 4.91. The summed E-state index contributed by atoms with van der Waals surface area (Å²) < 4.78 is 39.5. The molecule has 0 unspecified atom stereocenters. The molecule has 0 radical (unpaired) electrons. The van der Waals surface area contributed by atoms with Crippen LogP contribution in [0.1, 0.15) is 18.4 Å². The van der Waals surface area contributed by atoms with Crippen LogP contribution in [0.25, 0.3) is 11.3 Å². The van der Waals surface area contributed by atoms with Gasteiger partial charge in [0.25, 0.3) is 0 Å². The smallest absolute Gasteiger partial charge is 0.366 e. The lowest BCUT2D eigenvalue weighted by Crippen LogP contribution is -2.56. The number of piperidine rings is 1. The molecule has 2 aliphatic rings. The van der Waals surface area contributed by atoms with Gasteiger partial charge in [0.2, 0.25) is 0 Å². The van der Waals surface area contributed by atoms with Crippen LogP contribution in [0.15, 0.2) is 55.1 Å². The molecule has 3 aromatic heterocycles. The largest absolute Gasteiger partial charge is 0.417 e. The van der Waals surface area contributed by atoms with E-state index in [4.69, 9.17) is 0 Å². The predicted molar refractivity (Wildman–Crippen MR) is 113 cm³/mol. The summed E-state index contributed by atoms with van der Waals surface area (Å²) in [6.07, 6.45) is 2.53. The second-order valence-electron chi connectivity index (χ2n) is 7.78. The lowest BCUT2D eigenvalue weighted by atomic mass is 9.99. The number of nitrogens with one attached hydrogen (secondary N) is 1. The quantitative estimate of drug-likeness (QED) is 0.632. The Labute approximate surface area is 181 Å². The van der Waals surface area contributed by atoms with E-state index in [1.54, 1.807) is 35.5 Å². The summed E-state index contributed by atoms with van der Waals surface area (Å²) in [4.78, 5) is 29.4. The van der Waals surface area contributed by atoms with Gasteiger partial charge in [-0.25, -0.2) is 9.78 Å². The first kappa shape index (κ1) is 20.2. The van der Waals surface area contributed by atoms with Gasteiger partial charge in [-0.2, -0.15) is 13.2 Å². The molecule has 5 rings (SSSR count). The average molecular weight is 440 g/mol. The molecule has 2 bridgehead atoms. The molecular formula is C22H19F3N6O. The van der Waals surface area contributed by atoms with Gasteiger partial charge in [-0.1, -0.05) is 0 Å². The Balaban J connectivity index is 1.55. The maximum atomic E-state index is 13.2. The van der Waals surface area contributed by atoms with Crippen LogP contribution in [-0.4, -0.2) is 40.1 Å². The number of nitrogens with zero attached hydrogens (tertiary/aromatic N) is 5. The van der Waals surface area contributed by atoms with E-state index in [0.29, 0.717) is 23.7 Å². The molecule has 5 heterocycles. The van der Waals surface area contributed by atoms with E-state index < -0.39 is 11.7 Å². The van der Waals surface area contributed by atoms with Crippen molar-refractivity contribution in [3.8, 4) is 11.3 Å². The van der Waals surface area contributed by atoms with Crippen LogP contribution in [0.5, 0.6) is 0 Å². The Morgan fingerprint density at radius 3 is 2.78 bits per heavy atom. The van der Waals surface area contributed by atoms with Gasteiger partial charge in [0, 0.05) is 37.2 Å². The summed E-state index contributed by atoms with van der Waals surface area (Å²) in [6.45, 7) is 1.52. The van der Waals surface area contributed by atoms with Crippen LogP contribution in [0.3, 0.4) is 0 Å². The number of pyridine rings is 3. The van der Waals surface area contributed by atoms with Crippen LogP contribution in [-0.2, 0) is 6.18 Å². The Morgan fingerprint density at radius 2 is 2.00 bits per heavy atom. The molecule has 0 spiro atoms. The first-order valence-electron chi connectivity index (χ1n) is 10.2. The molecule has 1 N–H and O–H groups in total. The highest BCUT2D eigenvalue weighted by Crippen LogP contribution is 2.40. The number of anilines is 3. The van der Waals surface area contributed by atoms with Crippen LogP contribution >= 0.6 is 0 Å². The molecular weight excluding hydrogens is 421 g/mol. The zero-order chi connectivity index (χ0) is 22.3. The van der Waals surface area contributed by atoms with Crippen molar-refractivity contribution >= 4 is 23.2 Å². The van der Waals surface area contributed by atoms with E-state index in [1.807, 2.05) is 6.07 Å². The van der Waals surface area contributed by atoms with Crippen molar-refractivity contribution in [3.63, 3.8) is 0 Å². The summed E-state index contributed by atoms with van der Waals surface area (Å²) in [5.74, 6) is 0.428. The number of aromatic nitrogens is 3. The molecule has 1 fully saturated rings. The molecule has 1 atom stereocenters. The van der Waals surface area contributed by atoms with Crippen LogP contribution < -0.4 is 15.1 Å². The highest BCUT2D eigenvalue weighted by molar-refractivity contribution is 6.04. The number of alkyl halides is 3. The molecule has 2 amide bonds. The molecule has 3 aromatic rings. The zero-order valence-corrected chi connectivity index (χ0v) is 16.9. The zero-order valence-electron chi connectivity index (χ0n) is 16.9. The molecule has 0 aliphatic carbocycles. The minimum atomic E-state index is -4.50. The number of amides is 2. The van der Waals surface area contributed by atoms with E-state index in [-0.39, 0.29) is 17.6 Å². The van der Waals surface area contributed by atoms with Gasteiger partial charge in [-0.15, -0.1) is 0 Å². The second-order valence-corrected chi connectivity index (χ2v) is 7.78. The van der Waals surface area contributed by atoms with Crippen molar-refractivity contribution in [1.29, 1.82) is 0 Å². The average Bonchev–Trinajstić information content (AvgIpc) is 2.79. The van der Waals surface area contributed by atoms with Gasteiger partial charge < -0.3 is 10.2 Å². The highest BCUT2D eigenvalue weighted by Gasteiger charge is 2.38. The molecule has 7 nitrogen and oxygen atoms in total. The monoisotopic (exact) mass is 440 g/mol. The first-order chi connectivity index (χ1) is 15.4. The fraction of sp³-hybridized carbons (Fsp3) is 0.273. The number of halogens is 3. The van der Waals surface area contributed by atoms with Crippen molar-refractivity contribution in [2.75, 3.05) is 28.2 Å². The van der Waals surface area contributed by atoms with Gasteiger partial charge in [0.1, 0.15) is 0 Å². The Morgan fingerprint density at radius 1 is 1.12 bits per heavy atom. The SMILES string of the molecule is O=C(Nc1cccnc1)N1c2nc(-c3cncc(C(F)(F)F)c3)ccc2N2CCC[C@H]1C2. The number of rotatable bonds is 2. The molecule has 32 heavy (non-hydrogen) atoms. The van der Waals surface area contributed by atoms with E-state index in [1.165, 1.54) is 6.20 Å². The van der Waals surface area contributed by atoms with E-state index in [2.05, 4.69) is 25.2 Å². The third kappa shape index (κ3) is 3.72. The molecule has 10 heteroatoms. The van der Waals surface area contributed by atoms with Crippen molar-refractivity contribution < 1.29 is 18.0 Å². The van der Waals surface area contributed by atoms with Gasteiger partial charge in [-0.3, -0.25) is 14.9 Å². The summed E-state index contributed by atoms with van der Waals surface area (Å²) in [5.41, 5.74) is 1.05. The minimum Gasteiger partial charge on any atom is -0.366 e. The number of carbonyl (C=O) groups is 1. The fourth-order valence-corrected chi connectivity index (χ4v) is 4.20. The van der Waals surface area contributed by atoms with Crippen LogP contribution in [0, 0.1) is 0 Å². The van der Waals surface area contributed by atoms with E-state index >= 15 is 0 Å². The maximum absolute atomic E-state index is 13.2. The molecule has 0 saturated carbocycles. The third-order valence-corrected chi connectivity index (χ3v) is 5.68. The van der Waals surface area contributed by atoms with Crippen LogP contribution in [0.4, 0.5) is 35.2 Å². The summed E-state index contributed by atoms with van der Waals surface area (Å²) in [5, 5.41) is 2.85. The summed E-state index contributed by atoms with van der Waals surface area (Å²) >= 11 is 0. The summed E-state index contributed by atoms with van der Waals surface area (Å²) in [7, 11) is 0. The fourth-order valence-electron chi connectivity index (χ4n) is 4.20. The van der Waals surface area contributed by atoms with Crippen molar-refractivity contribution in [3.05, 3.63) is 60.7 Å². The topological polar surface area (TPSA) is 74.2 Å². The van der Waals surface area contributed by atoms with Gasteiger partial charge in [0.15, 0.2) is 5.82 Å². The standard InChI is InChI=1S/C22H19F3N6O/c23-22(24,25)15-9-14(10-27-11-15)18-5-6-19-20(29-18)31(17-4-2-8-30(19)13-17)21(32)28-16-3-1-7-26-12-16/h1,3,5-7,9-12,17H,2,4,8,13H2,(H,28,32)/t17-/m0/s1. The maximum Gasteiger partial charge on any atom is 0.417 e. The highest BCUT2D eigenvalue weighted by atomic mass is 19.4. The number of fused-ring (bicyclic) bond motifs is 4. The normalized spacial score (nSPS) is 17.7. The molecule has 1 saturated heterocycles.